The number of nitrogens with zero attached hydrogens (tertiary/aromatic N) is 3. The second kappa shape index (κ2) is 11.0. The van der Waals surface area contributed by atoms with Gasteiger partial charge in [0.15, 0.2) is 0 Å². The highest BCUT2D eigenvalue weighted by atomic mass is 35.5. The minimum absolute atomic E-state index is 0.0286. The van der Waals surface area contributed by atoms with E-state index < -0.39 is 10.8 Å². The smallest absolute Gasteiger partial charge is 0.273 e. The van der Waals surface area contributed by atoms with Crippen molar-refractivity contribution < 1.29 is 14.5 Å². The Morgan fingerprint density at radius 3 is 2.39 bits per heavy atom. The molecule has 0 unspecified atom stereocenters. The van der Waals surface area contributed by atoms with Crippen LogP contribution in [-0.4, -0.2) is 47.8 Å². The van der Waals surface area contributed by atoms with Gasteiger partial charge in [-0.05, 0) is 42.8 Å². The molecule has 1 heterocycles. The van der Waals surface area contributed by atoms with E-state index in [-0.39, 0.29) is 17.2 Å². The molecule has 0 bridgehead atoms. The quantitative estimate of drug-likeness (QED) is 0.284. The molecule has 0 spiro atoms. The van der Waals surface area contributed by atoms with Crippen molar-refractivity contribution in [1.29, 1.82) is 0 Å². The zero-order chi connectivity index (χ0) is 25.7. The largest absolute Gasteiger partial charge is 0.367 e. The predicted octanol–water partition coefficient (Wildman–Crippen LogP) is 5.17. The van der Waals surface area contributed by atoms with E-state index in [4.69, 9.17) is 11.6 Å². The third-order valence-electron chi connectivity index (χ3n) is 6.10. The number of carbonyl (C=O) groups excluding carboxylic acids is 2. The van der Waals surface area contributed by atoms with Crippen LogP contribution >= 0.6 is 11.6 Å². The minimum atomic E-state index is -0.509. The lowest BCUT2D eigenvalue weighted by atomic mass is 10.1. The van der Waals surface area contributed by atoms with Crippen LogP contribution in [0.2, 0.25) is 5.02 Å². The number of piperazine rings is 1. The first-order valence-electron chi connectivity index (χ1n) is 11.5. The van der Waals surface area contributed by atoms with Gasteiger partial charge in [0.2, 0.25) is 5.91 Å². The van der Waals surface area contributed by atoms with Crippen LogP contribution < -0.4 is 10.2 Å². The molecule has 3 aromatic rings. The monoisotopic (exact) mass is 504 g/mol. The van der Waals surface area contributed by atoms with Crippen molar-refractivity contribution in [2.45, 2.75) is 6.92 Å². The van der Waals surface area contributed by atoms with E-state index in [1.165, 1.54) is 12.1 Å². The molecule has 1 aliphatic heterocycles. The topological polar surface area (TPSA) is 95.8 Å². The highest BCUT2D eigenvalue weighted by molar-refractivity contribution is 6.33. The van der Waals surface area contributed by atoms with Crippen molar-refractivity contribution in [1.82, 2.24) is 4.90 Å². The lowest BCUT2D eigenvalue weighted by Crippen LogP contribution is -2.48. The van der Waals surface area contributed by atoms with E-state index in [1.807, 2.05) is 42.5 Å². The van der Waals surface area contributed by atoms with E-state index >= 15 is 0 Å². The number of halogens is 1. The van der Waals surface area contributed by atoms with Gasteiger partial charge in [0.1, 0.15) is 0 Å². The molecule has 36 heavy (non-hydrogen) atoms. The first kappa shape index (κ1) is 24.9. The summed E-state index contributed by atoms with van der Waals surface area (Å²) in [5.41, 5.74) is 2.70. The SMILES string of the molecule is Cc1c(C(=O)Nc2ccc(N3CCN(C(=O)/C=C/c4ccccc4)CC3)c(Cl)c2)cccc1[N+](=O)[O-]. The summed E-state index contributed by atoms with van der Waals surface area (Å²) in [7, 11) is 0. The van der Waals surface area contributed by atoms with Gasteiger partial charge in [-0.15, -0.1) is 0 Å². The van der Waals surface area contributed by atoms with Crippen LogP contribution in [0.15, 0.2) is 72.8 Å². The van der Waals surface area contributed by atoms with Crippen molar-refractivity contribution in [2.75, 3.05) is 36.4 Å². The molecule has 0 aliphatic carbocycles. The second-order valence-electron chi connectivity index (χ2n) is 8.38. The molecule has 1 N–H and O–H groups in total. The third kappa shape index (κ3) is 5.72. The van der Waals surface area contributed by atoms with Crippen LogP contribution in [0.5, 0.6) is 0 Å². The first-order valence-corrected chi connectivity index (χ1v) is 11.8. The Balaban J connectivity index is 1.37. The molecule has 1 aliphatic rings. The summed E-state index contributed by atoms with van der Waals surface area (Å²) in [6.07, 6.45) is 3.41. The number of anilines is 2. The molecule has 1 fully saturated rings. The normalized spacial score (nSPS) is 13.6. The van der Waals surface area contributed by atoms with Crippen LogP contribution in [0.25, 0.3) is 6.08 Å². The average Bonchev–Trinajstić information content (AvgIpc) is 2.88. The van der Waals surface area contributed by atoms with Gasteiger partial charge in [0.25, 0.3) is 11.6 Å². The number of carbonyl (C=O) groups is 2. The molecule has 1 saturated heterocycles. The Bertz CT molecular complexity index is 1320. The number of rotatable bonds is 6. The number of nitrogens with one attached hydrogen (secondary N) is 1. The maximum absolute atomic E-state index is 12.7. The predicted molar refractivity (Wildman–Crippen MR) is 142 cm³/mol. The van der Waals surface area contributed by atoms with Gasteiger partial charge in [0, 0.05) is 55.1 Å². The maximum Gasteiger partial charge on any atom is 0.273 e. The molecule has 0 saturated carbocycles. The van der Waals surface area contributed by atoms with Crippen molar-refractivity contribution >= 4 is 46.6 Å². The molecular formula is C27H25ClN4O4. The molecule has 4 rings (SSSR count). The zero-order valence-corrected chi connectivity index (χ0v) is 20.4. The van der Waals surface area contributed by atoms with Crippen molar-refractivity contribution in [3.63, 3.8) is 0 Å². The molecule has 2 amide bonds. The molecule has 184 valence electrons. The highest BCUT2D eigenvalue weighted by Gasteiger charge is 2.22. The Morgan fingerprint density at radius 1 is 1.00 bits per heavy atom. The number of nitro benzene ring substituents is 1. The van der Waals surface area contributed by atoms with E-state index in [1.54, 1.807) is 36.1 Å². The van der Waals surface area contributed by atoms with Crippen LogP contribution in [-0.2, 0) is 4.79 Å². The van der Waals surface area contributed by atoms with E-state index in [2.05, 4.69) is 10.2 Å². The van der Waals surface area contributed by atoms with Gasteiger partial charge in [-0.25, -0.2) is 0 Å². The van der Waals surface area contributed by atoms with Gasteiger partial charge >= 0.3 is 0 Å². The van der Waals surface area contributed by atoms with Crippen LogP contribution in [0, 0.1) is 17.0 Å². The van der Waals surface area contributed by atoms with Crippen LogP contribution in [0.4, 0.5) is 17.1 Å². The lowest BCUT2D eigenvalue weighted by Gasteiger charge is -2.36. The summed E-state index contributed by atoms with van der Waals surface area (Å²) in [6.45, 7) is 3.94. The third-order valence-corrected chi connectivity index (χ3v) is 6.40. The summed E-state index contributed by atoms with van der Waals surface area (Å²) in [6, 6.07) is 19.3. The molecule has 0 radical (unpaired) electrons. The molecular weight excluding hydrogens is 480 g/mol. The summed E-state index contributed by atoms with van der Waals surface area (Å²) < 4.78 is 0. The molecule has 8 nitrogen and oxygen atoms in total. The number of benzene rings is 3. The summed E-state index contributed by atoms with van der Waals surface area (Å²) >= 11 is 6.53. The Kier molecular flexibility index (Phi) is 7.65. The van der Waals surface area contributed by atoms with Crippen LogP contribution in [0.1, 0.15) is 21.5 Å². The summed E-state index contributed by atoms with van der Waals surface area (Å²) in [5, 5.41) is 14.4. The van der Waals surface area contributed by atoms with Gasteiger partial charge in [-0.2, -0.15) is 0 Å². The van der Waals surface area contributed by atoms with E-state index in [9.17, 15) is 19.7 Å². The maximum atomic E-state index is 12.7. The first-order chi connectivity index (χ1) is 17.3. The molecule has 9 heteroatoms. The van der Waals surface area contributed by atoms with E-state index in [0.29, 0.717) is 42.5 Å². The average molecular weight is 505 g/mol. The lowest BCUT2D eigenvalue weighted by molar-refractivity contribution is -0.385. The number of amides is 2. The zero-order valence-electron chi connectivity index (χ0n) is 19.7. The standard InChI is InChI=1S/C27H25ClN4O4/c1-19-22(8-5-9-24(19)32(35)36)27(34)29-21-11-12-25(23(28)18-21)30-14-16-31(17-15-30)26(33)13-10-20-6-3-2-4-7-20/h2-13,18H,14-17H2,1H3,(H,29,34)/b13-10+. The fourth-order valence-corrected chi connectivity index (χ4v) is 4.41. The summed E-state index contributed by atoms with van der Waals surface area (Å²) in [4.78, 5) is 39.8. The molecule has 0 atom stereocenters. The van der Waals surface area contributed by atoms with Crippen LogP contribution in [0.3, 0.4) is 0 Å². The fraction of sp³-hybridized carbons (Fsp3) is 0.185. The van der Waals surface area contributed by atoms with Crippen molar-refractivity contribution in [3.8, 4) is 0 Å². The number of nitro groups is 1. The Labute approximate surface area is 213 Å². The molecule has 3 aromatic carbocycles. The van der Waals surface area contributed by atoms with Gasteiger partial charge in [0.05, 0.1) is 15.6 Å². The van der Waals surface area contributed by atoms with E-state index in [0.717, 1.165) is 11.3 Å². The molecule has 0 aromatic heterocycles. The minimum Gasteiger partial charge on any atom is -0.367 e. The van der Waals surface area contributed by atoms with Gasteiger partial charge in [-0.3, -0.25) is 19.7 Å². The highest BCUT2D eigenvalue weighted by Crippen LogP contribution is 2.30. The number of hydrogen-bond donors (Lipinski definition) is 1. The fourth-order valence-electron chi connectivity index (χ4n) is 4.11. The van der Waals surface area contributed by atoms with Crippen molar-refractivity contribution in [2.24, 2.45) is 0 Å². The second-order valence-corrected chi connectivity index (χ2v) is 8.79. The Hall–Kier alpha value is -4.17. The Morgan fingerprint density at radius 2 is 1.72 bits per heavy atom. The summed E-state index contributed by atoms with van der Waals surface area (Å²) in [5.74, 6) is -0.477. The van der Waals surface area contributed by atoms with Gasteiger partial charge < -0.3 is 15.1 Å². The van der Waals surface area contributed by atoms with Crippen molar-refractivity contribution in [3.05, 3.63) is 105 Å². The number of hydrogen-bond acceptors (Lipinski definition) is 5. The van der Waals surface area contributed by atoms with Gasteiger partial charge in [-0.1, -0.05) is 48.0 Å².